The second kappa shape index (κ2) is 12.5. The van der Waals surface area contributed by atoms with E-state index in [1.807, 2.05) is 6.92 Å². The highest BCUT2D eigenvalue weighted by Crippen LogP contribution is 2.08. The van der Waals surface area contributed by atoms with Gasteiger partial charge in [0.15, 0.2) is 0 Å². The Morgan fingerprint density at radius 1 is 0.955 bits per heavy atom. The van der Waals surface area contributed by atoms with Gasteiger partial charge < -0.3 is 19.3 Å². The van der Waals surface area contributed by atoms with Crippen molar-refractivity contribution in [2.45, 2.75) is 11.8 Å². The molecule has 0 aliphatic rings. The number of aliphatic hydroxyl groups excluding tert-OH is 1. The lowest BCUT2D eigenvalue weighted by Crippen LogP contribution is -2.09. The summed E-state index contributed by atoms with van der Waals surface area (Å²) < 4.78 is 44.4. The van der Waals surface area contributed by atoms with Crippen LogP contribution in [0.2, 0.25) is 0 Å². The third-order valence-electron chi connectivity index (χ3n) is 2.36. The van der Waals surface area contributed by atoms with Crippen LogP contribution in [0.15, 0.2) is 29.2 Å². The molecule has 0 amide bonds. The second-order valence-corrected chi connectivity index (χ2v) is 5.65. The molecule has 128 valence electrons. The van der Waals surface area contributed by atoms with Crippen molar-refractivity contribution in [1.82, 2.24) is 0 Å². The second-order valence-electron chi connectivity index (χ2n) is 4.23. The van der Waals surface area contributed by atoms with Crippen LogP contribution < -0.4 is 0 Å². The van der Waals surface area contributed by atoms with Crippen molar-refractivity contribution in [3.8, 4) is 0 Å². The molecule has 0 spiro atoms. The summed E-state index contributed by atoms with van der Waals surface area (Å²) in [5.74, 6) is 0. The van der Waals surface area contributed by atoms with Crippen LogP contribution in [0.4, 0.5) is 0 Å². The van der Waals surface area contributed by atoms with Gasteiger partial charge in [-0.25, -0.2) is 0 Å². The molecule has 0 unspecified atom stereocenters. The van der Waals surface area contributed by atoms with Crippen LogP contribution >= 0.6 is 0 Å². The van der Waals surface area contributed by atoms with Gasteiger partial charge in [-0.15, -0.1) is 0 Å². The van der Waals surface area contributed by atoms with Gasteiger partial charge in [0, 0.05) is 7.11 Å². The first-order valence-electron chi connectivity index (χ1n) is 6.71. The standard InChI is InChI=1S/C7H16O4.C7H8O3S/c1-9-4-5-11-7-6-10-3-2-8;1-6-2-4-7(5-3-6)11(8,9)10/h8H,2-7H2,1H3;2-5H,1H3,(H,8,9,10). The molecule has 1 aromatic rings. The lowest BCUT2D eigenvalue weighted by Gasteiger charge is -2.03. The minimum absolute atomic E-state index is 0.0666. The Bertz CT molecular complexity index is 462. The monoisotopic (exact) mass is 336 g/mol. The smallest absolute Gasteiger partial charge is 0.294 e. The number of hydrogen-bond donors (Lipinski definition) is 2. The van der Waals surface area contributed by atoms with Crippen molar-refractivity contribution >= 4 is 10.1 Å². The number of aryl methyl sites for hydroxylation is 1. The quantitative estimate of drug-likeness (QED) is 0.510. The Morgan fingerprint density at radius 3 is 1.91 bits per heavy atom. The Morgan fingerprint density at radius 2 is 1.45 bits per heavy atom. The van der Waals surface area contributed by atoms with Crippen LogP contribution in [-0.2, 0) is 24.3 Å². The van der Waals surface area contributed by atoms with Gasteiger partial charge in [0.1, 0.15) is 0 Å². The minimum Gasteiger partial charge on any atom is -0.394 e. The SMILES string of the molecule is COCCOCCOCCO.Cc1ccc(S(=O)(=O)O)cc1. The molecular weight excluding hydrogens is 312 g/mol. The third kappa shape index (κ3) is 11.6. The van der Waals surface area contributed by atoms with Gasteiger partial charge in [-0.2, -0.15) is 8.42 Å². The van der Waals surface area contributed by atoms with E-state index in [0.717, 1.165) is 5.56 Å². The molecule has 0 atom stereocenters. The van der Waals surface area contributed by atoms with E-state index in [9.17, 15) is 8.42 Å². The highest BCUT2D eigenvalue weighted by molar-refractivity contribution is 7.85. The molecule has 1 rings (SSSR count). The van der Waals surface area contributed by atoms with Gasteiger partial charge in [-0.05, 0) is 19.1 Å². The summed E-state index contributed by atoms with van der Waals surface area (Å²) in [5.41, 5.74) is 0.956. The van der Waals surface area contributed by atoms with Crippen LogP contribution in [-0.4, -0.2) is 64.8 Å². The van der Waals surface area contributed by atoms with Crippen molar-refractivity contribution in [3.63, 3.8) is 0 Å². The van der Waals surface area contributed by atoms with Crippen molar-refractivity contribution in [2.24, 2.45) is 0 Å². The zero-order chi connectivity index (χ0) is 16.8. The molecule has 2 N–H and O–H groups in total. The molecule has 0 aliphatic heterocycles. The molecule has 7 nitrogen and oxygen atoms in total. The fourth-order valence-corrected chi connectivity index (χ4v) is 1.72. The average Bonchev–Trinajstić information content (AvgIpc) is 2.47. The van der Waals surface area contributed by atoms with Gasteiger partial charge in [0.05, 0.1) is 44.5 Å². The first-order chi connectivity index (χ1) is 10.4. The number of benzene rings is 1. The van der Waals surface area contributed by atoms with E-state index in [1.165, 1.54) is 12.1 Å². The summed E-state index contributed by atoms with van der Waals surface area (Å²) in [6.07, 6.45) is 0. The summed E-state index contributed by atoms with van der Waals surface area (Å²) in [6, 6.07) is 5.99. The maximum Gasteiger partial charge on any atom is 0.294 e. The summed E-state index contributed by atoms with van der Waals surface area (Å²) in [7, 11) is -2.39. The van der Waals surface area contributed by atoms with Gasteiger partial charge in [0.25, 0.3) is 10.1 Å². The predicted molar refractivity (Wildman–Crippen MR) is 81.6 cm³/mol. The lowest BCUT2D eigenvalue weighted by molar-refractivity contribution is 0.0159. The van der Waals surface area contributed by atoms with Crippen LogP contribution in [0.1, 0.15) is 5.56 Å². The maximum atomic E-state index is 10.5. The van der Waals surface area contributed by atoms with E-state index in [2.05, 4.69) is 0 Å². The summed E-state index contributed by atoms with van der Waals surface area (Å²) >= 11 is 0. The normalized spacial score (nSPS) is 10.9. The first kappa shape index (κ1) is 21.0. The fourth-order valence-electron chi connectivity index (χ4n) is 1.24. The summed E-state index contributed by atoms with van der Waals surface area (Å²) in [4.78, 5) is -0.0666. The van der Waals surface area contributed by atoms with Crippen LogP contribution in [0.3, 0.4) is 0 Å². The number of rotatable bonds is 9. The lowest BCUT2D eigenvalue weighted by atomic mass is 10.2. The maximum absolute atomic E-state index is 10.5. The molecular formula is C14H24O7S. The molecule has 0 bridgehead atoms. The Hall–Kier alpha value is -1.03. The van der Waals surface area contributed by atoms with Crippen LogP contribution in [0.25, 0.3) is 0 Å². The molecule has 0 aromatic heterocycles. The van der Waals surface area contributed by atoms with E-state index in [4.69, 9.17) is 23.9 Å². The molecule has 8 heteroatoms. The Kier molecular flexibility index (Phi) is 11.9. The largest absolute Gasteiger partial charge is 0.394 e. The molecule has 0 aliphatic carbocycles. The number of hydrogen-bond acceptors (Lipinski definition) is 6. The molecule has 0 fully saturated rings. The molecule has 22 heavy (non-hydrogen) atoms. The van der Waals surface area contributed by atoms with E-state index >= 15 is 0 Å². The highest BCUT2D eigenvalue weighted by Gasteiger charge is 2.06. The zero-order valence-electron chi connectivity index (χ0n) is 12.9. The molecule has 0 saturated carbocycles. The van der Waals surface area contributed by atoms with Crippen LogP contribution in [0, 0.1) is 6.92 Å². The van der Waals surface area contributed by atoms with Gasteiger partial charge in [0.2, 0.25) is 0 Å². The topological polar surface area (TPSA) is 102 Å². The highest BCUT2D eigenvalue weighted by atomic mass is 32.2. The number of aliphatic hydroxyl groups is 1. The summed E-state index contributed by atoms with van der Waals surface area (Å²) in [6.45, 7) is 4.59. The first-order valence-corrected chi connectivity index (χ1v) is 8.15. The van der Waals surface area contributed by atoms with Crippen molar-refractivity contribution in [2.75, 3.05) is 46.8 Å². The van der Waals surface area contributed by atoms with Crippen molar-refractivity contribution < 1.29 is 32.3 Å². The fraction of sp³-hybridized carbons (Fsp3) is 0.571. The van der Waals surface area contributed by atoms with E-state index < -0.39 is 10.1 Å². The third-order valence-corrected chi connectivity index (χ3v) is 3.23. The van der Waals surface area contributed by atoms with Crippen molar-refractivity contribution in [1.29, 1.82) is 0 Å². The Balaban J connectivity index is 0.000000401. The van der Waals surface area contributed by atoms with Gasteiger partial charge in [-0.1, -0.05) is 17.7 Å². The number of ether oxygens (including phenoxy) is 3. The average molecular weight is 336 g/mol. The minimum atomic E-state index is -4.02. The van der Waals surface area contributed by atoms with Crippen molar-refractivity contribution in [3.05, 3.63) is 29.8 Å². The van der Waals surface area contributed by atoms with Crippen LogP contribution in [0.5, 0.6) is 0 Å². The summed E-state index contributed by atoms with van der Waals surface area (Å²) in [5, 5.41) is 8.32. The van der Waals surface area contributed by atoms with E-state index in [-0.39, 0.29) is 11.5 Å². The Labute approximate surface area is 131 Å². The molecule has 1 aromatic carbocycles. The molecule has 0 heterocycles. The van der Waals surface area contributed by atoms with Gasteiger partial charge in [-0.3, -0.25) is 4.55 Å². The molecule has 0 radical (unpaired) electrons. The van der Waals surface area contributed by atoms with Gasteiger partial charge >= 0.3 is 0 Å². The predicted octanol–water partition coefficient (Wildman–Crippen LogP) is 0.900. The van der Waals surface area contributed by atoms with E-state index in [0.29, 0.717) is 33.0 Å². The number of methoxy groups -OCH3 is 1. The zero-order valence-corrected chi connectivity index (χ0v) is 13.7. The van der Waals surface area contributed by atoms with E-state index in [1.54, 1.807) is 19.2 Å². The molecule has 0 saturated heterocycles.